The van der Waals surface area contributed by atoms with Crippen molar-refractivity contribution in [2.75, 3.05) is 11.9 Å². The largest absolute Gasteiger partial charge is 0.370 e. The average Bonchev–Trinajstić information content (AvgIpc) is 2.77. The summed E-state index contributed by atoms with van der Waals surface area (Å²) in [5.41, 5.74) is 0.977. The molecule has 0 amide bonds. The predicted molar refractivity (Wildman–Crippen MR) is 70.5 cm³/mol. The molecule has 4 nitrogen and oxygen atoms in total. The summed E-state index contributed by atoms with van der Waals surface area (Å²) in [6.07, 6.45) is 5.55. The molecular formula is C12H16N4S. The first kappa shape index (κ1) is 12.0. The van der Waals surface area contributed by atoms with Crippen molar-refractivity contribution in [2.45, 2.75) is 26.7 Å². The van der Waals surface area contributed by atoms with Gasteiger partial charge in [-0.05, 0) is 13.3 Å². The monoisotopic (exact) mass is 248 g/mol. The maximum Gasteiger partial charge on any atom is 0.129 e. The Bertz CT molecular complexity index is 481. The molecule has 0 atom stereocenters. The first-order valence-electron chi connectivity index (χ1n) is 5.74. The predicted octanol–water partition coefficient (Wildman–Crippen LogP) is 2.46. The van der Waals surface area contributed by atoms with Crippen LogP contribution in [-0.2, 0) is 12.8 Å². The Morgan fingerprint density at radius 1 is 1.29 bits per heavy atom. The molecule has 5 heteroatoms. The van der Waals surface area contributed by atoms with Gasteiger partial charge in [-0.2, -0.15) is 0 Å². The summed E-state index contributed by atoms with van der Waals surface area (Å²) < 4.78 is 0. The third-order valence-corrected chi connectivity index (χ3v) is 3.60. The average molecular weight is 248 g/mol. The fraction of sp³-hybridized carbons (Fsp3) is 0.417. The number of rotatable bonds is 5. The first-order valence-corrected chi connectivity index (χ1v) is 6.55. The Labute approximate surface area is 105 Å². The van der Waals surface area contributed by atoms with Gasteiger partial charge in [0.2, 0.25) is 0 Å². The second-order valence-electron chi connectivity index (χ2n) is 3.80. The van der Waals surface area contributed by atoms with Crippen molar-refractivity contribution in [2.24, 2.45) is 0 Å². The number of nitrogens with one attached hydrogen (secondary N) is 1. The second kappa shape index (κ2) is 5.72. The zero-order valence-electron chi connectivity index (χ0n) is 10.1. The highest BCUT2D eigenvalue weighted by molar-refractivity contribution is 7.11. The maximum atomic E-state index is 4.38. The Kier molecular flexibility index (Phi) is 4.03. The summed E-state index contributed by atoms with van der Waals surface area (Å²) in [5, 5.41) is 4.46. The van der Waals surface area contributed by atoms with E-state index in [1.54, 1.807) is 17.7 Å². The van der Waals surface area contributed by atoms with Crippen LogP contribution in [0.15, 0.2) is 18.6 Å². The molecule has 90 valence electrons. The lowest BCUT2D eigenvalue weighted by Crippen LogP contribution is -2.06. The van der Waals surface area contributed by atoms with Crippen molar-refractivity contribution in [3.05, 3.63) is 34.2 Å². The number of thiazole rings is 1. The lowest BCUT2D eigenvalue weighted by atomic mass is 10.4. The smallest absolute Gasteiger partial charge is 0.129 e. The van der Waals surface area contributed by atoms with E-state index in [9.17, 15) is 0 Å². The van der Waals surface area contributed by atoms with Crippen LogP contribution in [0.2, 0.25) is 0 Å². The Morgan fingerprint density at radius 2 is 2.18 bits per heavy atom. The fourth-order valence-corrected chi connectivity index (χ4v) is 2.34. The van der Waals surface area contributed by atoms with Crippen LogP contribution < -0.4 is 5.32 Å². The normalized spacial score (nSPS) is 10.5. The van der Waals surface area contributed by atoms with E-state index >= 15 is 0 Å². The molecule has 0 saturated carbocycles. The third-order valence-electron chi connectivity index (χ3n) is 2.40. The summed E-state index contributed by atoms with van der Waals surface area (Å²) in [4.78, 5) is 13.9. The van der Waals surface area contributed by atoms with Gasteiger partial charge >= 0.3 is 0 Å². The van der Waals surface area contributed by atoms with Crippen molar-refractivity contribution in [3.8, 4) is 0 Å². The summed E-state index contributed by atoms with van der Waals surface area (Å²) in [6, 6.07) is 1.94. The van der Waals surface area contributed by atoms with Gasteiger partial charge in [-0.3, -0.25) is 0 Å². The van der Waals surface area contributed by atoms with Crippen LogP contribution in [0.25, 0.3) is 0 Å². The molecule has 2 rings (SSSR count). The highest BCUT2D eigenvalue weighted by atomic mass is 32.1. The van der Waals surface area contributed by atoms with E-state index in [0.29, 0.717) is 0 Å². The van der Waals surface area contributed by atoms with Gasteiger partial charge in [0, 0.05) is 35.8 Å². The molecule has 0 radical (unpaired) electrons. The van der Waals surface area contributed by atoms with E-state index in [1.807, 2.05) is 19.2 Å². The molecule has 1 N–H and O–H groups in total. The molecule has 0 aliphatic rings. The van der Waals surface area contributed by atoms with Crippen molar-refractivity contribution >= 4 is 17.2 Å². The molecular weight excluding hydrogens is 232 g/mol. The van der Waals surface area contributed by atoms with Crippen LogP contribution in [0, 0.1) is 6.92 Å². The lowest BCUT2D eigenvalue weighted by molar-refractivity contribution is 0.976. The minimum absolute atomic E-state index is 0.854. The number of hydrogen-bond acceptors (Lipinski definition) is 5. The summed E-state index contributed by atoms with van der Waals surface area (Å²) >= 11 is 1.79. The van der Waals surface area contributed by atoms with Crippen molar-refractivity contribution in [3.63, 3.8) is 0 Å². The van der Waals surface area contributed by atoms with Crippen LogP contribution in [0.3, 0.4) is 0 Å². The van der Waals surface area contributed by atoms with Gasteiger partial charge < -0.3 is 5.32 Å². The van der Waals surface area contributed by atoms with E-state index in [4.69, 9.17) is 0 Å². The van der Waals surface area contributed by atoms with Crippen LogP contribution in [0.5, 0.6) is 0 Å². The minimum atomic E-state index is 0.854. The van der Waals surface area contributed by atoms with E-state index < -0.39 is 0 Å². The molecule has 0 saturated heterocycles. The van der Waals surface area contributed by atoms with E-state index in [-0.39, 0.29) is 0 Å². The van der Waals surface area contributed by atoms with E-state index in [2.05, 4.69) is 27.2 Å². The first-order chi connectivity index (χ1) is 8.28. The zero-order valence-corrected chi connectivity index (χ0v) is 10.9. The quantitative estimate of drug-likeness (QED) is 0.883. The highest BCUT2D eigenvalue weighted by Crippen LogP contribution is 2.13. The molecule has 2 aromatic rings. The van der Waals surface area contributed by atoms with Gasteiger partial charge in [0.1, 0.15) is 12.1 Å². The van der Waals surface area contributed by atoms with Crippen LogP contribution in [0.4, 0.5) is 5.82 Å². The van der Waals surface area contributed by atoms with Gasteiger partial charge in [-0.15, -0.1) is 11.3 Å². The SMILES string of the molecule is CCc1cnc(CCNc2cc(C)ncn2)s1. The molecule has 0 aliphatic carbocycles. The van der Waals surface area contributed by atoms with Crippen LogP contribution >= 0.6 is 11.3 Å². The lowest BCUT2D eigenvalue weighted by Gasteiger charge is -2.03. The summed E-state index contributed by atoms with van der Waals surface area (Å²) in [5.74, 6) is 0.879. The van der Waals surface area contributed by atoms with Gasteiger partial charge in [0.25, 0.3) is 0 Å². The molecule has 17 heavy (non-hydrogen) atoms. The second-order valence-corrected chi connectivity index (χ2v) is 5.00. The number of aromatic nitrogens is 3. The highest BCUT2D eigenvalue weighted by Gasteiger charge is 2.00. The number of aryl methyl sites for hydroxylation is 2. The van der Waals surface area contributed by atoms with Crippen molar-refractivity contribution in [1.82, 2.24) is 15.0 Å². The number of hydrogen-bond donors (Lipinski definition) is 1. The van der Waals surface area contributed by atoms with Gasteiger partial charge in [0.15, 0.2) is 0 Å². The van der Waals surface area contributed by atoms with Crippen LogP contribution in [-0.4, -0.2) is 21.5 Å². The third kappa shape index (κ3) is 3.49. The van der Waals surface area contributed by atoms with Crippen molar-refractivity contribution in [1.29, 1.82) is 0 Å². The summed E-state index contributed by atoms with van der Waals surface area (Å²) in [6.45, 7) is 4.97. The molecule has 2 heterocycles. The molecule has 0 unspecified atom stereocenters. The number of anilines is 1. The standard InChI is InChI=1S/C12H16N4S/c1-3-10-7-14-12(17-10)4-5-13-11-6-9(2)15-8-16-11/h6-8H,3-5H2,1-2H3,(H,13,15,16). The maximum absolute atomic E-state index is 4.38. The van der Waals surface area contributed by atoms with E-state index in [0.717, 1.165) is 30.9 Å². The Balaban J connectivity index is 1.83. The van der Waals surface area contributed by atoms with Gasteiger partial charge in [-0.25, -0.2) is 15.0 Å². The minimum Gasteiger partial charge on any atom is -0.370 e. The molecule has 0 bridgehead atoms. The zero-order chi connectivity index (χ0) is 12.1. The van der Waals surface area contributed by atoms with E-state index in [1.165, 1.54) is 9.88 Å². The number of nitrogens with zero attached hydrogens (tertiary/aromatic N) is 3. The molecule has 0 spiro atoms. The van der Waals surface area contributed by atoms with Crippen molar-refractivity contribution < 1.29 is 0 Å². The Morgan fingerprint density at radius 3 is 2.88 bits per heavy atom. The van der Waals surface area contributed by atoms with Crippen LogP contribution in [0.1, 0.15) is 22.5 Å². The Hall–Kier alpha value is -1.49. The topological polar surface area (TPSA) is 50.7 Å². The fourth-order valence-electron chi connectivity index (χ4n) is 1.48. The molecule has 0 aromatic carbocycles. The van der Waals surface area contributed by atoms with Gasteiger partial charge in [-0.1, -0.05) is 6.92 Å². The molecule has 2 aromatic heterocycles. The molecule has 0 aliphatic heterocycles. The summed E-state index contributed by atoms with van der Waals surface area (Å²) in [7, 11) is 0. The van der Waals surface area contributed by atoms with Gasteiger partial charge in [0.05, 0.1) is 5.01 Å². The molecule has 0 fully saturated rings.